The number of benzene rings is 2. The van der Waals surface area contributed by atoms with Crippen LogP contribution in [0.4, 0.5) is 5.69 Å². The number of hydrogen-bond acceptors (Lipinski definition) is 3. The number of carbonyl (C=O) groups is 1. The van der Waals surface area contributed by atoms with Crippen LogP contribution in [0.2, 0.25) is 0 Å². The molecule has 0 aliphatic rings. The van der Waals surface area contributed by atoms with Gasteiger partial charge >= 0.3 is 0 Å². The van der Waals surface area contributed by atoms with Crippen molar-refractivity contribution in [3.8, 4) is 5.75 Å². The maximum atomic E-state index is 11.8. The summed E-state index contributed by atoms with van der Waals surface area (Å²) in [5.74, 6) is 0.466. The molecule has 0 aliphatic carbocycles. The monoisotopic (exact) mass is 385 g/mol. The van der Waals surface area contributed by atoms with Gasteiger partial charge in [-0.25, -0.2) is 0 Å². The van der Waals surface area contributed by atoms with Gasteiger partial charge in [-0.3, -0.25) is 4.79 Å². The van der Waals surface area contributed by atoms with Gasteiger partial charge in [0.15, 0.2) is 0 Å². The molecule has 0 atom stereocenters. The molecule has 0 aromatic heterocycles. The van der Waals surface area contributed by atoms with Gasteiger partial charge in [-0.05, 0) is 59.0 Å². The zero-order chi connectivity index (χ0) is 13.7. The average Bonchev–Trinajstić information content (AvgIpc) is 2.36. The van der Waals surface area contributed by atoms with E-state index in [-0.39, 0.29) is 11.7 Å². The summed E-state index contributed by atoms with van der Waals surface area (Å²) in [6, 6.07) is 14.5. The normalized spacial score (nSPS) is 10.2. The quantitative estimate of drug-likeness (QED) is 0.623. The number of anilines is 1. The highest BCUT2D eigenvalue weighted by atomic mass is 127. The summed E-state index contributed by atoms with van der Waals surface area (Å²) < 4.78 is 1.08. The number of carbonyl (C=O) groups excluding carboxylic acids is 1. The van der Waals surface area contributed by atoms with Crippen molar-refractivity contribution in [3.63, 3.8) is 0 Å². The molecule has 0 aliphatic heterocycles. The van der Waals surface area contributed by atoms with Crippen molar-refractivity contribution in [1.29, 1.82) is 0 Å². The molecule has 0 heterocycles. The molecule has 2 aromatic carbocycles. The molecule has 0 saturated carbocycles. The third-order valence-electron chi connectivity index (χ3n) is 2.30. The van der Waals surface area contributed by atoms with Crippen LogP contribution in [-0.4, -0.2) is 16.8 Å². The topological polar surface area (TPSA) is 49.3 Å². The Morgan fingerprint density at radius 1 is 1.21 bits per heavy atom. The smallest absolute Gasteiger partial charge is 0.234 e. The summed E-state index contributed by atoms with van der Waals surface area (Å²) in [6.07, 6.45) is 0. The molecule has 1 amide bonds. The van der Waals surface area contributed by atoms with Crippen molar-refractivity contribution in [1.82, 2.24) is 0 Å². The Balaban J connectivity index is 1.88. The lowest BCUT2D eigenvalue weighted by Gasteiger charge is -2.05. The number of thioether (sulfide) groups is 1. The number of aromatic hydroxyl groups is 1. The summed E-state index contributed by atoms with van der Waals surface area (Å²) in [5.41, 5.74) is 0.799. The number of phenols is 1. The van der Waals surface area contributed by atoms with Crippen LogP contribution in [0, 0.1) is 3.57 Å². The molecular formula is C14H12INO2S. The largest absolute Gasteiger partial charge is 0.508 e. The molecule has 3 nitrogen and oxygen atoms in total. The van der Waals surface area contributed by atoms with Crippen LogP contribution in [0.1, 0.15) is 0 Å². The Hall–Kier alpha value is -1.21. The van der Waals surface area contributed by atoms with Crippen molar-refractivity contribution in [2.24, 2.45) is 0 Å². The number of phenolic OH excluding ortho intramolecular Hbond substituents is 1. The lowest BCUT2D eigenvalue weighted by molar-refractivity contribution is -0.113. The van der Waals surface area contributed by atoms with Gasteiger partial charge < -0.3 is 10.4 Å². The molecule has 0 bridgehead atoms. The fraction of sp³-hybridized carbons (Fsp3) is 0.0714. The summed E-state index contributed by atoms with van der Waals surface area (Å²) in [4.78, 5) is 12.7. The molecule has 2 rings (SSSR count). The second kappa shape index (κ2) is 6.81. The molecule has 0 unspecified atom stereocenters. The first-order valence-electron chi connectivity index (χ1n) is 5.61. The maximum absolute atomic E-state index is 11.8. The minimum absolute atomic E-state index is 0.0599. The van der Waals surface area contributed by atoms with E-state index >= 15 is 0 Å². The van der Waals surface area contributed by atoms with Crippen molar-refractivity contribution < 1.29 is 9.90 Å². The van der Waals surface area contributed by atoms with E-state index in [0.29, 0.717) is 5.75 Å². The van der Waals surface area contributed by atoms with Gasteiger partial charge in [-0.1, -0.05) is 12.1 Å². The highest BCUT2D eigenvalue weighted by Crippen LogP contribution is 2.22. The van der Waals surface area contributed by atoms with Crippen molar-refractivity contribution in [2.45, 2.75) is 4.90 Å². The number of amides is 1. The van der Waals surface area contributed by atoms with Gasteiger partial charge in [0.2, 0.25) is 5.91 Å². The minimum atomic E-state index is -0.0599. The molecule has 0 spiro atoms. The second-order valence-corrected chi connectivity index (χ2v) is 6.14. The predicted octanol–water partition coefficient (Wildman–Crippen LogP) is 3.73. The number of nitrogens with one attached hydrogen (secondary N) is 1. The van der Waals surface area contributed by atoms with E-state index in [2.05, 4.69) is 27.9 Å². The fourth-order valence-electron chi connectivity index (χ4n) is 1.49. The van der Waals surface area contributed by atoms with E-state index < -0.39 is 0 Å². The minimum Gasteiger partial charge on any atom is -0.508 e. The Morgan fingerprint density at radius 3 is 2.74 bits per heavy atom. The molecular weight excluding hydrogens is 373 g/mol. The Morgan fingerprint density at radius 2 is 2.00 bits per heavy atom. The van der Waals surface area contributed by atoms with Crippen LogP contribution >= 0.6 is 34.4 Å². The van der Waals surface area contributed by atoms with Crippen LogP contribution in [0.25, 0.3) is 0 Å². The first kappa shape index (κ1) is 14.2. The molecule has 0 radical (unpaired) electrons. The highest BCUT2D eigenvalue weighted by molar-refractivity contribution is 14.1. The second-order valence-electron chi connectivity index (χ2n) is 3.84. The summed E-state index contributed by atoms with van der Waals surface area (Å²) in [6.45, 7) is 0. The summed E-state index contributed by atoms with van der Waals surface area (Å²) in [5, 5.41) is 12.2. The summed E-state index contributed by atoms with van der Waals surface area (Å²) in [7, 11) is 0. The van der Waals surface area contributed by atoms with Crippen molar-refractivity contribution in [2.75, 3.05) is 11.1 Å². The standard InChI is InChI=1S/C14H12INO2S/c15-10-3-1-4-11(7-10)16-14(18)9-19-13-6-2-5-12(17)8-13/h1-8,17H,9H2,(H,16,18). The van der Waals surface area contributed by atoms with Gasteiger partial charge in [0.25, 0.3) is 0 Å². The van der Waals surface area contributed by atoms with E-state index in [1.807, 2.05) is 30.3 Å². The van der Waals surface area contributed by atoms with Crippen LogP contribution in [-0.2, 0) is 4.79 Å². The summed E-state index contributed by atoms with van der Waals surface area (Å²) >= 11 is 3.59. The molecule has 19 heavy (non-hydrogen) atoms. The lowest BCUT2D eigenvalue weighted by Crippen LogP contribution is -2.13. The van der Waals surface area contributed by atoms with E-state index in [1.54, 1.807) is 18.2 Å². The maximum Gasteiger partial charge on any atom is 0.234 e. The van der Waals surface area contributed by atoms with Gasteiger partial charge in [0.05, 0.1) is 5.75 Å². The van der Waals surface area contributed by atoms with Crippen LogP contribution in [0.3, 0.4) is 0 Å². The van der Waals surface area contributed by atoms with Gasteiger partial charge in [-0.15, -0.1) is 11.8 Å². The van der Waals surface area contributed by atoms with Gasteiger partial charge in [0, 0.05) is 14.2 Å². The Labute approximate surface area is 129 Å². The van der Waals surface area contributed by atoms with Crippen LogP contribution < -0.4 is 5.32 Å². The number of rotatable bonds is 4. The zero-order valence-electron chi connectivity index (χ0n) is 9.97. The van der Waals surface area contributed by atoms with E-state index in [0.717, 1.165) is 14.2 Å². The Kier molecular flexibility index (Phi) is 5.09. The average molecular weight is 385 g/mol. The van der Waals surface area contributed by atoms with Crippen molar-refractivity contribution in [3.05, 3.63) is 52.1 Å². The molecule has 2 N–H and O–H groups in total. The van der Waals surface area contributed by atoms with Gasteiger partial charge in [-0.2, -0.15) is 0 Å². The SMILES string of the molecule is O=C(CSc1cccc(O)c1)Nc1cccc(I)c1. The molecule has 0 saturated heterocycles. The van der Waals surface area contributed by atoms with E-state index in [9.17, 15) is 9.90 Å². The van der Waals surface area contributed by atoms with E-state index in [4.69, 9.17) is 0 Å². The van der Waals surface area contributed by atoms with Crippen LogP contribution in [0.15, 0.2) is 53.4 Å². The number of hydrogen-bond donors (Lipinski definition) is 2. The van der Waals surface area contributed by atoms with Gasteiger partial charge in [0.1, 0.15) is 5.75 Å². The predicted molar refractivity (Wildman–Crippen MR) is 86.6 cm³/mol. The number of halogens is 1. The molecule has 0 fully saturated rings. The third-order valence-corrected chi connectivity index (χ3v) is 3.96. The van der Waals surface area contributed by atoms with E-state index in [1.165, 1.54) is 11.8 Å². The molecule has 98 valence electrons. The zero-order valence-corrected chi connectivity index (χ0v) is 12.9. The first-order valence-corrected chi connectivity index (χ1v) is 7.67. The van der Waals surface area contributed by atoms with Crippen LogP contribution in [0.5, 0.6) is 5.75 Å². The fourth-order valence-corrected chi connectivity index (χ4v) is 2.78. The molecule has 5 heteroatoms. The van der Waals surface area contributed by atoms with Crippen molar-refractivity contribution >= 4 is 45.9 Å². The third kappa shape index (κ3) is 4.76. The first-order chi connectivity index (χ1) is 9.13. The lowest BCUT2D eigenvalue weighted by atomic mass is 10.3. The Bertz CT molecular complexity index is 589. The molecule has 2 aromatic rings. The highest BCUT2D eigenvalue weighted by Gasteiger charge is 2.04.